The lowest BCUT2D eigenvalue weighted by Gasteiger charge is -2.38. The minimum Gasteiger partial charge on any atom is -0.355 e. The van der Waals surface area contributed by atoms with E-state index in [-0.39, 0.29) is 11.3 Å². The molecular formula is C15H24ClN3OS. The lowest BCUT2D eigenvalue weighted by atomic mass is 9.81. The molecule has 0 spiro atoms. The maximum absolute atomic E-state index is 12.5. The molecule has 1 atom stereocenters. The first-order chi connectivity index (χ1) is 9.94. The molecule has 0 aromatic carbocycles. The van der Waals surface area contributed by atoms with Gasteiger partial charge in [0.15, 0.2) is 0 Å². The van der Waals surface area contributed by atoms with Crippen molar-refractivity contribution in [1.82, 2.24) is 15.2 Å². The van der Waals surface area contributed by atoms with Crippen LogP contribution in [0.3, 0.4) is 0 Å². The molecule has 1 aromatic heterocycles. The molecule has 0 radical (unpaired) electrons. The van der Waals surface area contributed by atoms with Gasteiger partial charge < -0.3 is 10.2 Å². The number of nitrogens with one attached hydrogen (secondary N) is 1. The Morgan fingerprint density at radius 3 is 2.95 bits per heavy atom. The summed E-state index contributed by atoms with van der Waals surface area (Å²) >= 11 is 7.51. The fourth-order valence-electron chi connectivity index (χ4n) is 2.83. The Kier molecular flexibility index (Phi) is 5.63. The molecule has 0 bridgehead atoms. The SMILES string of the molecule is CCN1CCCC(C)(C(=O)NCCc2nc(C)c(Cl)s2)C1. The van der Waals surface area contributed by atoms with Crippen LogP contribution in [-0.2, 0) is 11.2 Å². The van der Waals surface area contributed by atoms with Crippen molar-refractivity contribution in [3.63, 3.8) is 0 Å². The monoisotopic (exact) mass is 329 g/mol. The highest BCUT2D eigenvalue weighted by molar-refractivity contribution is 7.16. The Bertz CT molecular complexity index is 486. The van der Waals surface area contributed by atoms with Crippen LogP contribution in [-0.4, -0.2) is 42.0 Å². The van der Waals surface area contributed by atoms with E-state index in [0.29, 0.717) is 6.54 Å². The van der Waals surface area contributed by atoms with E-state index in [9.17, 15) is 4.79 Å². The third-order valence-corrected chi connectivity index (χ3v) is 5.69. The molecule has 2 rings (SSSR count). The maximum atomic E-state index is 12.5. The van der Waals surface area contributed by atoms with Gasteiger partial charge in [0.05, 0.1) is 16.1 Å². The van der Waals surface area contributed by atoms with Crippen LogP contribution >= 0.6 is 22.9 Å². The molecule has 0 aliphatic carbocycles. The van der Waals surface area contributed by atoms with Crippen LogP contribution in [0.5, 0.6) is 0 Å². The molecule has 1 unspecified atom stereocenters. The highest BCUT2D eigenvalue weighted by Gasteiger charge is 2.37. The molecule has 4 nitrogen and oxygen atoms in total. The average Bonchev–Trinajstić information content (AvgIpc) is 2.77. The summed E-state index contributed by atoms with van der Waals surface area (Å²) in [6, 6.07) is 0. The summed E-state index contributed by atoms with van der Waals surface area (Å²) in [5, 5.41) is 4.06. The summed E-state index contributed by atoms with van der Waals surface area (Å²) in [4.78, 5) is 19.2. The minimum absolute atomic E-state index is 0.167. The van der Waals surface area contributed by atoms with Crippen LogP contribution in [0, 0.1) is 12.3 Å². The number of carbonyl (C=O) groups is 1. The minimum atomic E-state index is -0.259. The third kappa shape index (κ3) is 4.18. The molecule has 1 N–H and O–H groups in total. The van der Waals surface area contributed by atoms with E-state index in [2.05, 4.69) is 29.0 Å². The summed E-state index contributed by atoms with van der Waals surface area (Å²) in [7, 11) is 0. The molecular weight excluding hydrogens is 306 g/mol. The van der Waals surface area contributed by atoms with Crippen molar-refractivity contribution in [3.8, 4) is 0 Å². The predicted octanol–water partition coefficient (Wildman–Crippen LogP) is 2.89. The number of halogens is 1. The Labute approximate surface area is 135 Å². The second-order valence-corrected chi connectivity index (χ2v) is 7.69. The van der Waals surface area contributed by atoms with Gasteiger partial charge in [0.25, 0.3) is 0 Å². The van der Waals surface area contributed by atoms with Gasteiger partial charge in [-0.3, -0.25) is 4.79 Å². The number of nitrogens with zero attached hydrogens (tertiary/aromatic N) is 2. The van der Waals surface area contributed by atoms with Crippen molar-refractivity contribution in [2.24, 2.45) is 5.41 Å². The topological polar surface area (TPSA) is 45.2 Å². The van der Waals surface area contributed by atoms with E-state index in [1.54, 1.807) is 0 Å². The van der Waals surface area contributed by atoms with Gasteiger partial charge in [0.2, 0.25) is 5.91 Å². The van der Waals surface area contributed by atoms with Gasteiger partial charge in [0, 0.05) is 19.5 Å². The molecule has 2 heterocycles. The largest absolute Gasteiger partial charge is 0.355 e. The highest BCUT2D eigenvalue weighted by Crippen LogP contribution is 2.29. The van der Waals surface area contributed by atoms with Gasteiger partial charge in [-0.15, -0.1) is 11.3 Å². The zero-order valence-electron chi connectivity index (χ0n) is 13.0. The zero-order valence-corrected chi connectivity index (χ0v) is 14.6. The third-order valence-electron chi connectivity index (χ3n) is 4.18. The van der Waals surface area contributed by atoms with E-state index in [1.165, 1.54) is 11.3 Å². The first-order valence-electron chi connectivity index (χ1n) is 7.57. The molecule has 1 saturated heterocycles. The van der Waals surface area contributed by atoms with Gasteiger partial charge in [0.1, 0.15) is 4.34 Å². The maximum Gasteiger partial charge on any atom is 0.227 e. The number of rotatable bonds is 5. The Hall–Kier alpha value is -0.650. The highest BCUT2D eigenvalue weighted by atomic mass is 35.5. The van der Waals surface area contributed by atoms with Crippen molar-refractivity contribution in [1.29, 1.82) is 0 Å². The molecule has 1 aromatic rings. The second-order valence-electron chi connectivity index (χ2n) is 6.01. The smallest absolute Gasteiger partial charge is 0.227 e. The van der Waals surface area contributed by atoms with Gasteiger partial charge >= 0.3 is 0 Å². The summed E-state index contributed by atoms with van der Waals surface area (Å²) in [5.41, 5.74) is 0.617. The normalized spacial score (nSPS) is 23.2. The molecule has 6 heteroatoms. The molecule has 21 heavy (non-hydrogen) atoms. The molecule has 0 saturated carbocycles. The van der Waals surface area contributed by atoms with E-state index in [1.807, 2.05) is 6.92 Å². The Balaban J connectivity index is 1.83. The molecule has 118 valence electrons. The lowest BCUT2D eigenvalue weighted by molar-refractivity contribution is -0.133. The first kappa shape index (κ1) is 16.7. The molecule has 1 aliphatic rings. The van der Waals surface area contributed by atoms with Crippen LogP contribution in [0.25, 0.3) is 0 Å². The second kappa shape index (κ2) is 7.07. The number of piperidine rings is 1. The first-order valence-corrected chi connectivity index (χ1v) is 8.76. The number of likely N-dealkylation sites (tertiary alicyclic amines) is 1. The van der Waals surface area contributed by atoms with Gasteiger partial charge in [-0.1, -0.05) is 18.5 Å². The number of thiazole rings is 1. The van der Waals surface area contributed by atoms with Gasteiger partial charge in [-0.2, -0.15) is 0 Å². The van der Waals surface area contributed by atoms with Crippen LogP contribution in [0.4, 0.5) is 0 Å². The van der Waals surface area contributed by atoms with Crippen LogP contribution in [0.15, 0.2) is 0 Å². The van der Waals surface area contributed by atoms with Crippen LogP contribution < -0.4 is 5.32 Å². The molecule has 1 fully saturated rings. The van der Waals surface area contributed by atoms with Crippen molar-refractivity contribution in [2.75, 3.05) is 26.2 Å². The number of hydrogen-bond acceptors (Lipinski definition) is 4. The Morgan fingerprint density at radius 2 is 2.33 bits per heavy atom. The average molecular weight is 330 g/mol. The van der Waals surface area contributed by atoms with Crippen molar-refractivity contribution < 1.29 is 4.79 Å². The lowest BCUT2D eigenvalue weighted by Crippen LogP contribution is -2.50. The number of hydrogen-bond donors (Lipinski definition) is 1. The van der Waals surface area contributed by atoms with E-state index >= 15 is 0 Å². The standard InChI is InChI=1S/C15H24ClN3OS/c1-4-19-9-5-7-15(3,10-19)14(20)17-8-6-12-18-11(2)13(16)21-12/h4-10H2,1-3H3,(H,17,20). The fourth-order valence-corrected chi connectivity index (χ4v) is 3.93. The number of carbonyl (C=O) groups excluding carboxylic acids is 1. The van der Waals surface area contributed by atoms with Crippen LogP contribution in [0.1, 0.15) is 37.4 Å². The zero-order chi connectivity index (χ0) is 15.5. The number of aromatic nitrogens is 1. The quantitative estimate of drug-likeness (QED) is 0.903. The molecule has 1 aliphatic heterocycles. The van der Waals surface area contributed by atoms with E-state index < -0.39 is 0 Å². The van der Waals surface area contributed by atoms with Gasteiger partial charge in [-0.05, 0) is 39.8 Å². The van der Waals surface area contributed by atoms with Crippen molar-refractivity contribution in [2.45, 2.75) is 40.0 Å². The van der Waals surface area contributed by atoms with E-state index in [0.717, 1.165) is 53.9 Å². The number of amides is 1. The predicted molar refractivity (Wildman–Crippen MR) is 88.0 cm³/mol. The summed E-state index contributed by atoms with van der Waals surface area (Å²) in [6.07, 6.45) is 2.81. The van der Waals surface area contributed by atoms with Crippen LogP contribution in [0.2, 0.25) is 4.34 Å². The van der Waals surface area contributed by atoms with E-state index in [4.69, 9.17) is 11.6 Å². The molecule has 1 amide bonds. The summed E-state index contributed by atoms with van der Waals surface area (Å²) < 4.78 is 0.745. The van der Waals surface area contributed by atoms with Crippen molar-refractivity contribution >= 4 is 28.8 Å². The fraction of sp³-hybridized carbons (Fsp3) is 0.733. The number of aryl methyl sites for hydroxylation is 1. The van der Waals surface area contributed by atoms with Gasteiger partial charge in [-0.25, -0.2) is 4.98 Å². The van der Waals surface area contributed by atoms with Crippen molar-refractivity contribution in [3.05, 3.63) is 15.0 Å². The Morgan fingerprint density at radius 1 is 1.57 bits per heavy atom. The summed E-state index contributed by atoms with van der Waals surface area (Å²) in [5.74, 6) is 0.167. The summed E-state index contributed by atoms with van der Waals surface area (Å²) in [6.45, 7) is 9.74.